The van der Waals surface area contributed by atoms with Crippen LogP contribution in [0.15, 0.2) is 105 Å². The zero-order valence-electron chi connectivity index (χ0n) is 21.9. The van der Waals surface area contributed by atoms with E-state index in [2.05, 4.69) is 0 Å². The van der Waals surface area contributed by atoms with E-state index in [9.17, 15) is 18.0 Å². The minimum Gasteiger partial charge on any atom is -0.496 e. The Bertz CT molecular complexity index is 1860. The van der Waals surface area contributed by atoms with Crippen LogP contribution < -0.4 is 11.4 Å². The molecule has 2 atom stereocenters. The number of hydrogen-bond donors (Lipinski definition) is 0. The van der Waals surface area contributed by atoms with Crippen LogP contribution in [0.2, 0.25) is 5.02 Å². The second kappa shape index (κ2) is 9.96. The molecule has 2 aliphatic heterocycles. The first-order valence-electron chi connectivity index (χ1n) is 12.9. The molecule has 1 aromatic heterocycles. The maximum absolute atomic E-state index is 14.2. The maximum Gasteiger partial charge on any atom is 0.352 e. The summed E-state index contributed by atoms with van der Waals surface area (Å²) in [5.74, 6) is 0.464. The average molecular weight is 579 g/mol. The molecule has 0 N–H and O–H groups in total. The fourth-order valence-corrected chi connectivity index (χ4v) is 7.43. The molecule has 0 aliphatic carbocycles. The number of para-hydroxylation sites is 1. The van der Waals surface area contributed by atoms with Crippen molar-refractivity contribution in [2.24, 2.45) is 0 Å². The Morgan fingerprint density at radius 1 is 0.950 bits per heavy atom. The smallest absolute Gasteiger partial charge is 0.352 e. The third-order valence-corrected chi connectivity index (χ3v) is 9.47. The van der Waals surface area contributed by atoms with Gasteiger partial charge in [-0.25, -0.2) is 31.9 Å². The molecule has 6 rings (SSSR count). The van der Waals surface area contributed by atoms with Crippen molar-refractivity contribution in [3.05, 3.63) is 127 Å². The number of halogens is 1. The molecule has 3 heterocycles. The van der Waals surface area contributed by atoms with Gasteiger partial charge in [-0.2, -0.15) is 4.31 Å². The molecule has 0 spiro atoms. The van der Waals surface area contributed by atoms with Gasteiger partial charge in [0, 0.05) is 17.1 Å². The van der Waals surface area contributed by atoms with Crippen molar-refractivity contribution < 1.29 is 13.2 Å². The normalized spacial score (nSPS) is 19.0. The van der Waals surface area contributed by atoms with Crippen LogP contribution in [-0.4, -0.2) is 39.8 Å². The van der Waals surface area contributed by atoms with E-state index >= 15 is 0 Å². The van der Waals surface area contributed by atoms with E-state index in [1.807, 2.05) is 19.9 Å². The molecule has 206 valence electrons. The highest BCUT2D eigenvalue weighted by Gasteiger charge is 2.50. The summed E-state index contributed by atoms with van der Waals surface area (Å²) in [5, 5.41) is 0.451. The average Bonchev–Trinajstić information content (AvgIpc) is 3.46. The summed E-state index contributed by atoms with van der Waals surface area (Å²) in [6, 6.07) is 20.8. The van der Waals surface area contributed by atoms with E-state index in [0.29, 0.717) is 34.2 Å². The molecule has 0 radical (unpaired) electrons. The van der Waals surface area contributed by atoms with E-state index in [4.69, 9.17) is 16.3 Å². The molecule has 40 heavy (non-hydrogen) atoms. The number of rotatable bonds is 6. The predicted octanol–water partition coefficient (Wildman–Crippen LogP) is 4.05. The summed E-state index contributed by atoms with van der Waals surface area (Å²) < 4.78 is 39.6. The minimum absolute atomic E-state index is 0.0108. The van der Waals surface area contributed by atoms with Gasteiger partial charge in [-0.05, 0) is 55.8 Å². The van der Waals surface area contributed by atoms with Gasteiger partial charge in [0.05, 0.1) is 29.3 Å². The van der Waals surface area contributed by atoms with Crippen molar-refractivity contribution in [1.82, 2.24) is 18.2 Å². The summed E-state index contributed by atoms with van der Waals surface area (Å²) in [5.41, 5.74) is 1.55. The van der Waals surface area contributed by atoms with Crippen molar-refractivity contribution in [2.45, 2.75) is 37.4 Å². The molecule has 3 aromatic carbocycles. The molecule has 11 heteroatoms. The Morgan fingerprint density at radius 3 is 2.35 bits per heavy atom. The molecule has 1 fully saturated rings. The largest absolute Gasteiger partial charge is 0.496 e. The van der Waals surface area contributed by atoms with Crippen molar-refractivity contribution in [1.29, 1.82) is 0 Å². The number of aromatic nitrogens is 3. The van der Waals surface area contributed by atoms with Gasteiger partial charge in [0.15, 0.2) is 0 Å². The first-order chi connectivity index (χ1) is 19.2. The van der Waals surface area contributed by atoms with Crippen LogP contribution in [0.3, 0.4) is 0 Å². The first kappa shape index (κ1) is 26.4. The number of benzene rings is 3. The molecule has 2 aliphatic rings. The Hall–Kier alpha value is -3.86. The summed E-state index contributed by atoms with van der Waals surface area (Å²) >= 11 is 6.37. The molecule has 0 amide bonds. The van der Waals surface area contributed by atoms with Gasteiger partial charge < -0.3 is 4.74 Å². The number of aryl methyl sites for hydroxylation is 1. The molecular formula is C29H27ClN4O5S. The molecule has 0 saturated carbocycles. The monoisotopic (exact) mass is 578 g/mol. The third-order valence-electron chi connectivity index (χ3n) is 7.39. The molecule has 0 bridgehead atoms. The van der Waals surface area contributed by atoms with Crippen LogP contribution in [0.4, 0.5) is 0 Å². The van der Waals surface area contributed by atoms with Crippen molar-refractivity contribution in [2.75, 3.05) is 13.2 Å². The highest BCUT2D eigenvalue weighted by Crippen LogP contribution is 2.48. The van der Waals surface area contributed by atoms with Gasteiger partial charge >= 0.3 is 11.4 Å². The van der Waals surface area contributed by atoms with Gasteiger partial charge in [0.25, 0.3) is 0 Å². The predicted molar refractivity (Wildman–Crippen MR) is 151 cm³/mol. The molecular weight excluding hydrogens is 552 g/mol. The minimum atomic E-state index is -4.04. The second-order valence-corrected chi connectivity index (χ2v) is 12.1. The van der Waals surface area contributed by atoms with Gasteiger partial charge in [0.1, 0.15) is 12.3 Å². The Morgan fingerprint density at radius 2 is 1.68 bits per heavy atom. The van der Waals surface area contributed by atoms with E-state index in [1.165, 1.54) is 13.7 Å². The van der Waals surface area contributed by atoms with Crippen LogP contribution in [0, 0.1) is 6.92 Å². The third kappa shape index (κ3) is 4.14. The van der Waals surface area contributed by atoms with Gasteiger partial charge in [-0.3, -0.25) is 0 Å². The Labute approximate surface area is 236 Å². The van der Waals surface area contributed by atoms with Gasteiger partial charge in [0.2, 0.25) is 10.0 Å². The van der Waals surface area contributed by atoms with Gasteiger partial charge in [-0.1, -0.05) is 59.6 Å². The number of hydrogen-bond acceptors (Lipinski definition) is 5. The topological polar surface area (TPSA) is 95.5 Å². The lowest BCUT2D eigenvalue weighted by Crippen LogP contribution is -2.37. The second-order valence-electron chi connectivity index (χ2n) is 9.81. The standard InChI is InChI=1S/C29H27ClN4O5S/c1-3-39-25-18-31-28(35)33(22-10-5-4-6-11-22)29(36)34(31)24-17-32(40(37,38)23-14-12-19(2)13-15-23)27(26(24)25)20-8-7-9-21(30)16-20/h4-16,24,27H,3,17-18H2,1-2H3/t24-,27+/m1/s1. The zero-order chi connectivity index (χ0) is 28.2. The number of nitrogens with zero attached hydrogens (tertiary/aromatic N) is 4. The van der Waals surface area contributed by atoms with Crippen molar-refractivity contribution in [3.8, 4) is 5.69 Å². The van der Waals surface area contributed by atoms with E-state index in [-0.39, 0.29) is 18.0 Å². The molecule has 9 nitrogen and oxygen atoms in total. The Balaban J connectivity index is 1.60. The van der Waals surface area contributed by atoms with Crippen LogP contribution in [0.1, 0.15) is 30.1 Å². The quantitative estimate of drug-likeness (QED) is 0.344. The lowest BCUT2D eigenvalue weighted by Gasteiger charge is -2.29. The van der Waals surface area contributed by atoms with Gasteiger partial charge in [-0.15, -0.1) is 0 Å². The van der Waals surface area contributed by atoms with Crippen LogP contribution >= 0.6 is 11.6 Å². The zero-order valence-corrected chi connectivity index (χ0v) is 23.5. The molecule has 4 aromatic rings. The van der Waals surface area contributed by atoms with Crippen LogP contribution in [0.5, 0.6) is 0 Å². The van der Waals surface area contributed by atoms with Crippen LogP contribution in [0.25, 0.3) is 5.69 Å². The highest BCUT2D eigenvalue weighted by molar-refractivity contribution is 7.89. The number of fused-ring (bicyclic) bond motifs is 3. The maximum atomic E-state index is 14.2. The molecule has 0 unspecified atom stereocenters. The van der Waals surface area contributed by atoms with Crippen molar-refractivity contribution >= 4 is 21.6 Å². The number of ether oxygens (including phenoxy) is 1. The van der Waals surface area contributed by atoms with Crippen molar-refractivity contribution in [3.63, 3.8) is 0 Å². The summed E-state index contributed by atoms with van der Waals surface area (Å²) in [6.07, 6.45) is 0. The van der Waals surface area contributed by atoms with E-state index in [0.717, 1.165) is 10.1 Å². The fraction of sp³-hybridized carbons (Fsp3) is 0.241. The number of sulfonamides is 1. The van der Waals surface area contributed by atoms with E-state index < -0.39 is 33.5 Å². The van der Waals surface area contributed by atoms with E-state index in [1.54, 1.807) is 72.8 Å². The first-order valence-corrected chi connectivity index (χ1v) is 14.7. The lowest BCUT2D eigenvalue weighted by molar-refractivity contribution is 0.183. The number of allylic oxidation sites excluding steroid dienone is 1. The highest BCUT2D eigenvalue weighted by atomic mass is 35.5. The van der Waals surface area contributed by atoms with Crippen LogP contribution in [-0.2, 0) is 21.3 Å². The summed E-state index contributed by atoms with van der Waals surface area (Å²) in [4.78, 5) is 27.6. The Kier molecular flexibility index (Phi) is 6.56. The molecule has 1 saturated heterocycles. The lowest BCUT2D eigenvalue weighted by atomic mass is 9.95. The SMILES string of the molecule is CCOC1=C2[C@H](c3cccc(Cl)c3)N(S(=O)(=O)c3ccc(C)cc3)C[C@H]2n2c(=O)n(-c3ccccc3)c(=O)n2C1. The summed E-state index contributed by atoms with van der Waals surface area (Å²) in [6.45, 7) is 3.93. The summed E-state index contributed by atoms with van der Waals surface area (Å²) in [7, 11) is -4.04. The fourth-order valence-electron chi connectivity index (χ4n) is 5.63.